The Morgan fingerprint density at radius 1 is 0.706 bits per heavy atom. The first-order chi connectivity index (χ1) is 16.4. The molecule has 0 heterocycles. The molecule has 2 aliphatic carbocycles. The lowest BCUT2D eigenvalue weighted by Crippen LogP contribution is -2.28. The Labute approximate surface area is 202 Å². The number of hydrogen-bond donors (Lipinski definition) is 0. The topological polar surface area (TPSA) is 52.6 Å². The SMILES string of the molecule is CCC[C@H](F)C(=O)OC1CCC(c2ccc(C3CCC(OC(=O)[C@@H](F)CCC)CC3)cc2)CC1. The van der Waals surface area contributed by atoms with Crippen molar-refractivity contribution in [2.45, 2.75) is 127 Å². The number of halogens is 2. The van der Waals surface area contributed by atoms with Crippen LogP contribution in [0.5, 0.6) is 0 Å². The molecule has 34 heavy (non-hydrogen) atoms. The Bertz CT molecular complexity index is 700. The number of alkyl halides is 2. The number of ether oxygens (including phenoxy) is 2. The second-order valence-electron chi connectivity index (χ2n) is 10.0. The van der Waals surface area contributed by atoms with Gasteiger partial charge >= 0.3 is 11.9 Å². The van der Waals surface area contributed by atoms with Crippen molar-refractivity contribution in [1.82, 2.24) is 0 Å². The van der Waals surface area contributed by atoms with Gasteiger partial charge in [0.2, 0.25) is 0 Å². The van der Waals surface area contributed by atoms with Gasteiger partial charge in [-0.05, 0) is 87.2 Å². The van der Waals surface area contributed by atoms with Gasteiger partial charge in [-0.3, -0.25) is 0 Å². The summed E-state index contributed by atoms with van der Waals surface area (Å²) in [5, 5.41) is 0. The highest BCUT2D eigenvalue weighted by Crippen LogP contribution is 2.37. The lowest BCUT2D eigenvalue weighted by atomic mass is 9.80. The summed E-state index contributed by atoms with van der Waals surface area (Å²) in [6.45, 7) is 3.71. The fourth-order valence-electron chi connectivity index (χ4n) is 5.29. The van der Waals surface area contributed by atoms with Gasteiger partial charge in [0.05, 0.1) is 0 Å². The van der Waals surface area contributed by atoms with Crippen LogP contribution >= 0.6 is 0 Å². The van der Waals surface area contributed by atoms with Crippen LogP contribution in [-0.4, -0.2) is 36.5 Å². The summed E-state index contributed by atoms with van der Waals surface area (Å²) < 4.78 is 38.2. The highest BCUT2D eigenvalue weighted by molar-refractivity contribution is 5.75. The first-order valence-electron chi connectivity index (χ1n) is 13.2. The quantitative estimate of drug-likeness (QED) is 0.337. The first-order valence-corrected chi connectivity index (χ1v) is 13.2. The molecule has 1 aromatic carbocycles. The van der Waals surface area contributed by atoms with E-state index < -0.39 is 24.3 Å². The van der Waals surface area contributed by atoms with Gasteiger partial charge in [-0.25, -0.2) is 18.4 Å². The molecular formula is C28H40F2O4. The summed E-state index contributed by atoms with van der Waals surface area (Å²) in [5.74, 6) is -0.533. The van der Waals surface area contributed by atoms with Gasteiger partial charge in [0, 0.05) is 0 Å². The van der Waals surface area contributed by atoms with Gasteiger partial charge in [0.15, 0.2) is 12.3 Å². The summed E-state index contributed by atoms with van der Waals surface area (Å²) in [4.78, 5) is 23.7. The predicted molar refractivity (Wildman–Crippen MR) is 128 cm³/mol. The highest BCUT2D eigenvalue weighted by atomic mass is 19.1. The zero-order chi connectivity index (χ0) is 24.5. The molecule has 0 spiro atoms. The minimum atomic E-state index is -1.50. The van der Waals surface area contributed by atoms with Crippen molar-refractivity contribution in [3.8, 4) is 0 Å². The smallest absolute Gasteiger partial charge is 0.340 e. The maximum atomic E-state index is 13.7. The molecule has 2 fully saturated rings. The average molecular weight is 479 g/mol. The molecule has 2 saturated carbocycles. The van der Waals surface area contributed by atoms with Gasteiger partial charge < -0.3 is 9.47 Å². The number of rotatable bonds is 10. The molecular weight excluding hydrogens is 438 g/mol. The monoisotopic (exact) mass is 478 g/mol. The van der Waals surface area contributed by atoms with E-state index in [1.165, 1.54) is 11.1 Å². The predicted octanol–water partition coefficient (Wildman–Crippen LogP) is 7.10. The first kappa shape index (κ1) is 26.6. The Kier molecular flexibility index (Phi) is 10.3. The van der Waals surface area contributed by atoms with Crippen LogP contribution in [0.1, 0.15) is 114 Å². The standard InChI is InChI=1S/C28H40F2O4/c1-3-5-25(29)27(31)33-23-15-11-21(12-16-23)19-7-9-20(10-8-19)22-13-17-24(18-14-22)34-28(32)26(30)6-4-2/h7-10,21-26H,3-6,11-18H2,1-2H3/t21?,22?,23?,24?,25-,26-/m0/s1. The van der Waals surface area contributed by atoms with Crippen LogP contribution < -0.4 is 0 Å². The number of esters is 2. The Hall–Kier alpha value is -1.98. The largest absolute Gasteiger partial charge is 0.460 e. The zero-order valence-corrected chi connectivity index (χ0v) is 20.6. The summed E-state index contributed by atoms with van der Waals surface area (Å²) in [6.07, 6.45) is 5.22. The fourth-order valence-corrected chi connectivity index (χ4v) is 5.29. The summed E-state index contributed by atoms with van der Waals surface area (Å²) >= 11 is 0. The molecule has 3 rings (SSSR count). The van der Waals surface area contributed by atoms with Crippen LogP contribution in [0.2, 0.25) is 0 Å². The van der Waals surface area contributed by atoms with Crippen LogP contribution in [0.3, 0.4) is 0 Å². The van der Waals surface area contributed by atoms with E-state index in [0.29, 0.717) is 24.7 Å². The highest BCUT2D eigenvalue weighted by Gasteiger charge is 2.29. The minimum Gasteiger partial charge on any atom is -0.460 e. The van der Waals surface area contributed by atoms with Gasteiger partial charge in [0.1, 0.15) is 12.2 Å². The Balaban J connectivity index is 1.42. The molecule has 2 aliphatic rings. The second-order valence-corrected chi connectivity index (χ2v) is 10.0. The van der Waals surface area contributed by atoms with Crippen LogP contribution in [0.25, 0.3) is 0 Å². The van der Waals surface area contributed by atoms with Gasteiger partial charge in [0.25, 0.3) is 0 Å². The summed E-state index contributed by atoms with van der Waals surface area (Å²) in [5.41, 5.74) is 2.60. The molecule has 0 amide bonds. The normalized spacial score (nSPS) is 26.9. The maximum Gasteiger partial charge on any atom is 0.340 e. The van der Waals surface area contributed by atoms with Gasteiger partial charge in [-0.2, -0.15) is 0 Å². The van der Waals surface area contributed by atoms with Gasteiger partial charge in [-0.15, -0.1) is 0 Å². The molecule has 190 valence electrons. The number of carbonyl (C=O) groups is 2. The van der Waals surface area contributed by atoms with Crippen LogP contribution in [0, 0.1) is 0 Å². The van der Waals surface area contributed by atoms with Crippen molar-refractivity contribution < 1.29 is 27.8 Å². The van der Waals surface area contributed by atoms with Crippen molar-refractivity contribution in [3.63, 3.8) is 0 Å². The Morgan fingerprint density at radius 3 is 1.32 bits per heavy atom. The number of benzene rings is 1. The molecule has 2 atom stereocenters. The lowest BCUT2D eigenvalue weighted by molar-refractivity contribution is -0.157. The van der Waals surface area contributed by atoms with Crippen LogP contribution in [0.15, 0.2) is 24.3 Å². The number of carbonyl (C=O) groups excluding carboxylic acids is 2. The third-order valence-electron chi connectivity index (χ3n) is 7.39. The van der Waals surface area contributed by atoms with E-state index in [-0.39, 0.29) is 25.0 Å². The molecule has 0 aliphatic heterocycles. The minimum absolute atomic E-state index is 0.169. The molecule has 6 heteroatoms. The van der Waals surface area contributed by atoms with Crippen molar-refractivity contribution in [3.05, 3.63) is 35.4 Å². The molecule has 1 aromatic rings. The third-order valence-corrected chi connectivity index (χ3v) is 7.39. The molecule has 0 aromatic heterocycles. The molecule has 0 unspecified atom stereocenters. The molecule has 0 radical (unpaired) electrons. The van der Waals surface area contributed by atoms with Crippen molar-refractivity contribution in [2.75, 3.05) is 0 Å². The average Bonchev–Trinajstić information content (AvgIpc) is 2.85. The molecule has 0 bridgehead atoms. The van der Waals surface area contributed by atoms with Crippen molar-refractivity contribution in [1.29, 1.82) is 0 Å². The van der Waals surface area contributed by atoms with E-state index in [1.807, 2.05) is 13.8 Å². The Morgan fingerprint density at radius 2 is 1.03 bits per heavy atom. The van der Waals surface area contributed by atoms with Gasteiger partial charge in [-0.1, -0.05) is 51.0 Å². The molecule has 4 nitrogen and oxygen atoms in total. The van der Waals surface area contributed by atoms with E-state index in [2.05, 4.69) is 24.3 Å². The summed E-state index contributed by atoms with van der Waals surface area (Å²) in [7, 11) is 0. The number of hydrogen-bond acceptors (Lipinski definition) is 4. The summed E-state index contributed by atoms with van der Waals surface area (Å²) in [6, 6.07) is 8.82. The van der Waals surface area contributed by atoms with E-state index in [4.69, 9.17) is 9.47 Å². The lowest BCUT2D eigenvalue weighted by Gasteiger charge is -2.30. The third kappa shape index (κ3) is 7.51. The van der Waals surface area contributed by atoms with E-state index in [9.17, 15) is 18.4 Å². The van der Waals surface area contributed by atoms with E-state index in [0.717, 1.165) is 51.4 Å². The van der Waals surface area contributed by atoms with Crippen LogP contribution in [-0.2, 0) is 19.1 Å². The second kappa shape index (κ2) is 13.2. The molecule has 0 N–H and O–H groups in total. The van der Waals surface area contributed by atoms with Crippen LogP contribution in [0.4, 0.5) is 8.78 Å². The van der Waals surface area contributed by atoms with E-state index in [1.54, 1.807) is 0 Å². The van der Waals surface area contributed by atoms with Crippen molar-refractivity contribution in [2.24, 2.45) is 0 Å². The van der Waals surface area contributed by atoms with Crippen molar-refractivity contribution >= 4 is 11.9 Å². The molecule has 0 saturated heterocycles. The van der Waals surface area contributed by atoms with E-state index >= 15 is 0 Å². The zero-order valence-electron chi connectivity index (χ0n) is 20.6. The fraction of sp³-hybridized carbons (Fsp3) is 0.714. The maximum absolute atomic E-state index is 13.7.